The molecule has 0 fully saturated rings. The number of alkyl halides is 3. The maximum atomic E-state index is 12.6. The van der Waals surface area contributed by atoms with Crippen molar-refractivity contribution in [2.45, 2.75) is 26.6 Å². The van der Waals surface area contributed by atoms with E-state index in [1.807, 2.05) is 18.7 Å². The van der Waals surface area contributed by atoms with Gasteiger partial charge in [-0.15, -0.1) is 0 Å². The lowest BCUT2D eigenvalue weighted by Gasteiger charge is -2.19. The Morgan fingerprint density at radius 1 is 1.18 bits per heavy atom. The van der Waals surface area contributed by atoms with E-state index < -0.39 is 17.5 Å². The van der Waals surface area contributed by atoms with Crippen LogP contribution in [-0.2, 0) is 12.7 Å². The summed E-state index contributed by atoms with van der Waals surface area (Å²) in [4.78, 5) is 2.01. The Morgan fingerprint density at radius 2 is 1.76 bits per heavy atom. The SMILES string of the molecule is CCN(CC)Cc1ccc(O)c(C(F)(F)F)c1. The van der Waals surface area contributed by atoms with Crippen LogP contribution in [0.25, 0.3) is 0 Å². The van der Waals surface area contributed by atoms with Crippen LogP contribution in [-0.4, -0.2) is 23.1 Å². The second-order valence-electron chi connectivity index (χ2n) is 3.81. The van der Waals surface area contributed by atoms with Crippen LogP contribution in [0.5, 0.6) is 5.75 Å². The van der Waals surface area contributed by atoms with Crippen molar-refractivity contribution in [1.82, 2.24) is 4.90 Å². The number of hydrogen-bond acceptors (Lipinski definition) is 2. The summed E-state index contributed by atoms with van der Waals surface area (Å²) >= 11 is 0. The van der Waals surface area contributed by atoms with E-state index in [2.05, 4.69) is 0 Å². The molecule has 1 aromatic rings. The van der Waals surface area contributed by atoms with Gasteiger partial charge >= 0.3 is 6.18 Å². The third-order valence-electron chi connectivity index (χ3n) is 2.67. The zero-order valence-electron chi connectivity index (χ0n) is 9.88. The van der Waals surface area contributed by atoms with Crippen molar-refractivity contribution in [2.75, 3.05) is 13.1 Å². The van der Waals surface area contributed by atoms with Crippen molar-refractivity contribution in [3.8, 4) is 5.75 Å². The minimum absolute atomic E-state index is 0.455. The first kappa shape index (κ1) is 13.8. The van der Waals surface area contributed by atoms with Crippen molar-refractivity contribution in [2.24, 2.45) is 0 Å². The van der Waals surface area contributed by atoms with Gasteiger partial charge in [0.1, 0.15) is 5.75 Å². The predicted octanol–water partition coefficient (Wildman–Crippen LogP) is 3.25. The summed E-state index contributed by atoms with van der Waals surface area (Å²) in [5.41, 5.74) is -0.416. The van der Waals surface area contributed by atoms with E-state index in [1.165, 1.54) is 6.07 Å². The van der Waals surface area contributed by atoms with Gasteiger partial charge in [0, 0.05) is 6.54 Å². The molecule has 2 nitrogen and oxygen atoms in total. The lowest BCUT2D eigenvalue weighted by atomic mass is 10.1. The van der Waals surface area contributed by atoms with Gasteiger partial charge in [-0.05, 0) is 30.8 Å². The van der Waals surface area contributed by atoms with Crippen LogP contribution in [0.1, 0.15) is 25.0 Å². The quantitative estimate of drug-likeness (QED) is 0.882. The summed E-state index contributed by atoms with van der Waals surface area (Å²) in [6, 6.07) is 3.62. The first-order valence-electron chi connectivity index (χ1n) is 5.50. The third kappa shape index (κ3) is 3.63. The molecule has 0 saturated heterocycles. The zero-order chi connectivity index (χ0) is 13.1. The highest BCUT2D eigenvalue weighted by atomic mass is 19.4. The van der Waals surface area contributed by atoms with E-state index in [9.17, 15) is 18.3 Å². The highest BCUT2D eigenvalue weighted by molar-refractivity contribution is 5.38. The number of aromatic hydroxyl groups is 1. The number of phenolic OH excluding ortho intramolecular Hbond substituents is 1. The Balaban J connectivity index is 2.97. The van der Waals surface area contributed by atoms with Gasteiger partial charge in [0.05, 0.1) is 5.56 Å². The molecule has 0 unspecified atom stereocenters. The van der Waals surface area contributed by atoms with Gasteiger partial charge in [0.25, 0.3) is 0 Å². The fraction of sp³-hybridized carbons (Fsp3) is 0.500. The van der Waals surface area contributed by atoms with E-state index in [0.29, 0.717) is 12.1 Å². The van der Waals surface area contributed by atoms with Gasteiger partial charge in [0.15, 0.2) is 0 Å². The number of phenols is 1. The summed E-state index contributed by atoms with van der Waals surface area (Å²) in [7, 11) is 0. The van der Waals surface area contributed by atoms with E-state index >= 15 is 0 Å². The summed E-state index contributed by atoms with van der Waals surface area (Å²) in [5.74, 6) is -0.721. The Labute approximate surface area is 98.7 Å². The molecular formula is C12H16F3NO. The van der Waals surface area contributed by atoms with E-state index in [1.54, 1.807) is 0 Å². The molecular weight excluding hydrogens is 231 g/mol. The third-order valence-corrected chi connectivity index (χ3v) is 2.67. The van der Waals surface area contributed by atoms with Gasteiger partial charge in [-0.3, -0.25) is 4.90 Å². The Kier molecular flexibility index (Phi) is 4.40. The maximum absolute atomic E-state index is 12.6. The molecule has 5 heteroatoms. The van der Waals surface area contributed by atoms with Crippen molar-refractivity contribution < 1.29 is 18.3 Å². The highest BCUT2D eigenvalue weighted by Crippen LogP contribution is 2.36. The van der Waals surface area contributed by atoms with Crippen molar-refractivity contribution in [1.29, 1.82) is 0 Å². The summed E-state index contributed by atoms with van der Waals surface area (Å²) in [6.07, 6.45) is -4.51. The molecule has 0 bridgehead atoms. The number of halogens is 3. The molecule has 1 N–H and O–H groups in total. The molecule has 0 amide bonds. The summed E-state index contributed by atoms with van der Waals surface area (Å²) < 4.78 is 37.7. The van der Waals surface area contributed by atoms with Crippen LogP contribution >= 0.6 is 0 Å². The highest BCUT2D eigenvalue weighted by Gasteiger charge is 2.33. The fourth-order valence-electron chi connectivity index (χ4n) is 1.61. The minimum Gasteiger partial charge on any atom is -0.507 e. The normalized spacial score (nSPS) is 12.1. The molecule has 0 aliphatic rings. The van der Waals surface area contributed by atoms with Gasteiger partial charge in [-0.2, -0.15) is 13.2 Å². The van der Waals surface area contributed by atoms with Crippen molar-refractivity contribution >= 4 is 0 Å². The topological polar surface area (TPSA) is 23.5 Å². The van der Waals surface area contributed by atoms with E-state index in [0.717, 1.165) is 25.2 Å². The van der Waals surface area contributed by atoms with Gasteiger partial charge in [0.2, 0.25) is 0 Å². The van der Waals surface area contributed by atoms with E-state index in [-0.39, 0.29) is 0 Å². The van der Waals surface area contributed by atoms with E-state index in [4.69, 9.17) is 0 Å². The molecule has 17 heavy (non-hydrogen) atoms. The van der Waals surface area contributed by atoms with Crippen molar-refractivity contribution in [3.05, 3.63) is 29.3 Å². The molecule has 0 aliphatic carbocycles. The van der Waals surface area contributed by atoms with Gasteiger partial charge in [-0.1, -0.05) is 19.9 Å². The number of nitrogens with zero attached hydrogens (tertiary/aromatic N) is 1. The lowest BCUT2D eigenvalue weighted by Crippen LogP contribution is -2.22. The number of benzene rings is 1. The fourth-order valence-corrected chi connectivity index (χ4v) is 1.61. The number of rotatable bonds is 4. The zero-order valence-corrected chi connectivity index (χ0v) is 9.88. The Bertz CT molecular complexity index is 373. The van der Waals surface area contributed by atoms with Crippen LogP contribution in [0, 0.1) is 0 Å². The van der Waals surface area contributed by atoms with Crippen LogP contribution in [0.15, 0.2) is 18.2 Å². The van der Waals surface area contributed by atoms with Crippen LogP contribution < -0.4 is 0 Å². The molecule has 0 heterocycles. The molecule has 0 radical (unpaired) electrons. The first-order chi connectivity index (χ1) is 7.88. The molecule has 0 saturated carbocycles. The maximum Gasteiger partial charge on any atom is 0.419 e. The molecule has 0 aliphatic heterocycles. The second-order valence-corrected chi connectivity index (χ2v) is 3.81. The molecule has 1 aromatic carbocycles. The average Bonchev–Trinajstić information content (AvgIpc) is 2.26. The summed E-state index contributed by atoms with van der Waals surface area (Å²) in [5, 5.41) is 9.19. The van der Waals surface area contributed by atoms with Crippen LogP contribution in [0.2, 0.25) is 0 Å². The molecule has 96 valence electrons. The van der Waals surface area contributed by atoms with Gasteiger partial charge in [-0.25, -0.2) is 0 Å². The second kappa shape index (κ2) is 5.40. The molecule has 0 spiro atoms. The van der Waals surface area contributed by atoms with Crippen LogP contribution in [0.4, 0.5) is 13.2 Å². The monoisotopic (exact) mass is 247 g/mol. The first-order valence-corrected chi connectivity index (χ1v) is 5.50. The van der Waals surface area contributed by atoms with Crippen LogP contribution in [0.3, 0.4) is 0 Å². The summed E-state index contributed by atoms with van der Waals surface area (Å²) in [6.45, 7) is 5.91. The molecule has 1 rings (SSSR count). The standard InChI is InChI=1S/C12H16F3NO/c1-3-16(4-2)8-9-5-6-11(17)10(7-9)12(13,14)15/h5-7,17H,3-4,8H2,1-2H3. The molecule has 0 atom stereocenters. The predicted molar refractivity (Wildman–Crippen MR) is 59.7 cm³/mol. The number of hydrogen-bond donors (Lipinski definition) is 1. The largest absolute Gasteiger partial charge is 0.507 e. The Morgan fingerprint density at radius 3 is 2.24 bits per heavy atom. The average molecular weight is 247 g/mol. The minimum atomic E-state index is -4.51. The smallest absolute Gasteiger partial charge is 0.419 e. The molecule has 0 aromatic heterocycles. The lowest BCUT2D eigenvalue weighted by molar-refractivity contribution is -0.138. The van der Waals surface area contributed by atoms with Crippen molar-refractivity contribution in [3.63, 3.8) is 0 Å². The Hall–Kier alpha value is -1.23. The van der Waals surface area contributed by atoms with Gasteiger partial charge < -0.3 is 5.11 Å².